The Labute approximate surface area is 154 Å². The summed E-state index contributed by atoms with van der Waals surface area (Å²) in [4.78, 5) is 17.7. The first-order valence-corrected chi connectivity index (χ1v) is 10.2. The van der Waals surface area contributed by atoms with Gasteiger partial charge in [0.1, 0.15) is 0 Å². The average Bonchev–Trinajstić information content (AvgIpc) is 2.94. The predicted molar refractivity (Wildman–Crippen MR) is 102 cm³/mol. The molecule has 0 aliphatic carbocycles. The summed E-state index contributed by atoms with van der Waals surface area (Å²) in [7, 11) is 0. The molecule has 0 fully saturated rings. The zero-order chi connectivity index (χ0) is 16.7. The first-order valence-electron chi connectivity index (χ1n) is 7.65. The second kappa shape index (κ2) is 9.45. The summed E-state index contributed by atoms with van der Waals surface area (Å²) in [6.45, 7) is 4.69. The van der Waals surface area contributed by atoms with E-state index in [1.54, 1.807) is 23.1 Å². The van der Waals surface area contributed by atoms with Gasteiger partial charge in [0, 0.05) is 27.0 Å². The van der Waals surface area contributed by atoms with E-state index in [9.17, 15) is 4.79 Å². The number of halogens is 1. The lowest BCUT2D eigenvalue weighted by atomic mass is 10.2. The van der Waals surface area contributed by atoms with E-state index in [0.29, 0.717) is 0 Å². The van der Waals surface area contributed by atoms with Crippen LogP contribution in [0.15, 0.2) is 39.0 Å². The Kier molecular flexibility index (Phi) is 7.59. The Balaban J connectivity index is 1.62. The van der Waals surface area contributed by atoms with Crippen LogP contribution in [0.3, 0.4) is 0 Å². The Hall–Kier alpha value is -0.850. The molecule has 1 aromatic heterocycles. The van der Waals surface area contributed by atoms with Crippen molar-refractivity contribution in [1.82, 2.24) is 10.3 Å². The van der Waals surface area contributed by atoms with Gasteiger partial charge in [-0.25, -0.2) is 4.98 Å². The number of thioether (sulfide) groups is 1. The first-order chi connectivity index (χ1) is 11.0. The van der Waals surface area contributed by atoms with E-state index in [-0.39, 0.29) is 11.2 Å². The van der Waals surface area contributed by atoms with Gasteiger partial charge in [-0.05, 0) is 57.4 Å². The predicted octanol–water partition coefficient (Wildman–Crippen LogP) is 4.83. The third-order valence-electron chi connectivity index (χ3n) is 3.28. The fraction of sp³-hybridized carbons (Fsp3) is 0.412. The monoisotopic (exact) mass is 412 g/mol. The number of unbranched alkanes of at least 4 members (excludes halogenated alkanes) is 1. The summed E-state index contributed by atoms with van der Waals surface area (Å²) in [6, 6.07) is 8.03. The topological polar surface area (TPSA) is 42.0 Å². The maximum absolute atomic E-state index is 12.1. The molecular formula is C17H21BrN2OS2. The van der Waals surface area contributed by atoms with Gasteiger partial charge >= 0.3 is 0 Å². The largest absolute Gasteiger partial charge is 0.355 e. The number of rotatable bonds is 8. The maximum atomic E-state index is 12.1. The van der Waals surface area contributed by atoms with Crippen LogP contribution < -0.4 is 5.32 Å². The number of hydrogen-bond acceptors (Lipinski definition) is 4. The number of nitrogens with one attached hydrogen (secondary N) is 1. The van der Waals surface area contributed by atoms with Crippen molar-refractivity contribution in [3.05, 3.63) is 44.8 Å². The average molecular weight is 413 g/mol. The Morgan fingerprint density at radius 1 is 1.35 bits per heavy atom. The molecule has 6 heteroatoms. The lowest BCUT2D eigenvalue weighted by Crippen LogP contribution is -2.31. The summed E-state index contributed by atoms with van der Waals surface area (Å²) in [5, 5.41) is 6.20. The number of thiazole rings is 1. The highest BCUT2D eigenvalue weighted by atomic mass is 79.9. The summed E-state index contributed by atoms with van der Waals surface area (Å²) in [6.07, 6.45) is 3.04. The molecule has 0 saturated heterocycles. The van der Waals surface area contributed by atoms with Crippen molar-refractivity contribution >= 4 is 44.9 Å². The molecular weight excluding hydrogens is 392 g/mol. The second-order valence-corrected chi connectivity index (χ2v) is 8.62. The van der Waals surface area contributed by atoms with Crippen LogP contribution in [0.25, 0.3) is 0 Å². The SMILES string of the molecule is Cc1csc(CCCCNC(=O)C(C)Sc2ccc(Br)cc2)n1. The van der Waals surface area contributed by atoms with Crippen LogP contribution in [0.4, 0.5) is 0 Å². The molecule has 0 aliphatic heterocycles. The van der Waals surface area contributed by atoms with Gasteiger partial charge in [0.15, 0.2) is 0 Å². The summed E-state index contributed by atoms with van der Waals surface area (Å²) < 4.78 is 1.05. The van der Waals surface area contributed by atoms with Gasteiger partial charge in [-0.15, -0.1) is 23.1 Å². The molecule has 3 nitrogen and oxygen atoms in total. The second-order valence-electron chi connectivity index (χ2n) is 5.34. The van der Waals surface area contributed by atoms with Crippen LogP contribution in [0.1, 0.15) is 30.5 Å². The third kappa shape index (κ3) is 6.65. The summed E-state index contributed by atoms with van der Waals surface area (Å²) in [5.41, 5.74) is 1.09. The summed E-state index contributed by atoms with van der Waals surface area (Å²) >= 11 is 6.71. The van der Waals surface area contributed by atoms with Crippen LogP contribution in [-0.2, 0) is 11.2 Å². The van der Waals surface area contributed by atoms with Crippen molar-refractivity contribution in [2.24, 2.45) is 0 Å². The smallest absolute Gasteiger partial charge is 0.233 e. The highest BCUT2D eigenvalue weighted by molar-refractivity contribution is 9.10. The van der Waals surface area contributed by atoms with Crippen molar-refractivity contribution < 1.29 is 4.79 Å². The molecule has 124 valence electrons. The van der Waals surface area contributed by atoms with Gasteiger partial charge in [-0.2, -0.15) is 0 Å². The van der Waals surface area contributed by atoms with Gasteiger partial charge in [-0.3, -0.25) is 4.79 Å². The lowest BCUT2D eigenvalue weighted by Gasteiger charge is -2.12. The van der Waals surface area contributed by atoms with Crippen LogP contribution >= 0.6 is 39.0 Å². The highest BCUT2D eigenvalue weighted by Gasteiger charge is 2.13. The minimum atomic E-state index is -0.0854. The third-order valence-corrected chi connectivity index (χ3v) is 5.95. The number of amides is 1. The van der Waals surface area contributed by atoms with Crippen LogP contribution in [0.5, 0.6) is 0 Å². The van der Waals surface area contributed by atoms with E-state index < -0.39 is 0 Å². The van der Waals surface area contributed by atoms with E-state index in [0.717, 1.165) is 40.9 Å². The van der Waals surface area contributed by atoms with Gasteiger partial charge < -0.3 is 5.32 Å². The summed E-state index contributed by atoms with van der Waals surface area (Å²) in [5.74, 6) is 0.100. The molecule has 1 unspecified atom stereocenters. The molecule has 2 rings (SSSR count). The normalized spacial score (nSPS) is 12.1. The van der Waals surface area contributed by atoms with Crippen molar-refractivity contribution in [2.75, 3.05) is 6.54 Å². The van der Waals surface area contributed by atoms with E-state index in [2.05, 4.69) is 31.6 Å². The van der Waals surface area contributed by atoms with Crippen molar-refractivity contribution in [3.8, 4) is 0 Å². The number of aromatic nitrogens is 1. The molecule has 23 heavy (non-hydrogen) atoms. The molecule has 1 amide bonds. The van der Waals surface area contributed by atoms with Gasteiger partial charge in [0.25, 0.3) is 0 Å². The van der Waals surface area contributed by atoms with Gasteiger partial charge in [0.05, 0.1) is 10.3 Å². The van der Waals surface area contributed by atoms with Gasteiger partial charge in [-0.1, -0.05) is 15.9 Å². The number of aryl methyl sites for hydroxylation is 2. The van der Waals surface area contributed by atoms with Crippen molar-refractivity contribution in [2.45, 2.75) is 43.3 Å². The Morgan fingerprint density at radius 2 is 2.09 bits per heavy atom. The van der Waals surface area contributed by atoms with Crippen molar-refractivity contribution in [1.29, 1.82) is 0 Å². The fourth-order valence-corrected chi connectivity index (χ4v) is 4.02. The van der Waals surface area contributed by atoms with Crippen LogP contribution in [0, 0.1) is 6.92 Å². The zero-order valence-corrected chi connectivity index (χ0v) is 16.6. The maximum Gasteiger partial charge on any atom is 0.233 e. The molecule has 0 aliphatic rings. The molecule has 0 bridgehead atoms. The van der Waals surface area contributed by atoms with Gasteiger partial charge in [0.2, 0.25) is 5.91 Å². The number of benzene rings is 1. The lowest BCUT2D eigenvalue weighted by molar-refractivity contribution is -0.120. The molecule has 0 saturated carbocycles. The van der Waals surface area contributed by atoms with E-state index >= 15 is 0 Å². The zero-order valence-electron chi connectivity index (χ0n) is 13.3. The van der Waals surface area contributed by atoms with Crippen LogP contribution in [-0.4, -0.2) is 22.7 Å². The molecule has 1 N–H and O–H groups in total. The molecule has 1 aromatic carbocycles. The Bertz CT molecular complexity index is 628. The minimum absolute atomic E-state index is 0.0854. The van der Waals surface area contributed by atoms with Crippen molar-refractivity contribution in [3.63, 3.8) is 0 Å². The van der Waals surface area contributed by atoms with E-state index in [4.69, 9.17) is 0 Å². The molecule has 0 radical (unpaired) electrons. The molecule has 2 aromatic rings. The van der Waals surface area contributed by atoms with E-state index in [1.807, 2.05) is 38.1 Å². The standard InChI is InChI=1S/C17H21BrN2OS2/c1-12-11-22-16(20-12)5-3-4-10-19-17(21)13(2)23-15-8-6-14(18)7-9-15/h6-9,11,13H,3-5,10H2,1-2H3,(H,19,21). The molecule has 0 spiro atoms. The number of hydrogen-bond donors (Lipinski definition) is 1. The molecule has 1 heterocycles. The Morgan fingerprint density at radius 3 is 2.74 bits per heavy atom. The number of nitrogens with zero attached hydrogens (tertiary/aromatic N) is 1. The number of carbonyl (C=O) groups is 1. The minimum Gasteiger partial charge on any atom is -0.355 e. The number of carbonyl (C=O) groups excluding carboxylic acids is 1. The fourth-order valence-electron chi connectivity index (χ4n) is 2.04. The van der Waals surface area contributed by atoms with Crippen LogP contribution in [0.2, 0.25) is 0 Å². The first kappa shape index (κ1) is 18.5. The molecule has 1 atom stereocenters. The highest BCUT2D eigenvalue weighted by Crippen LogP contribution is 2.24. The quantitative estimate of drug-likeness (QED) is 0.498. The van der Waals surface area contributed by atoms with E-state index in [1.165, 1.54) is 5.01 Å².